The summed E-state index contributed by atoms with van der Waals surface area (Å²) in [4.78, 5) is 22.1. The third kappa shape index (κ3) is 4.13. The molecule has 0 aliphatic rings. The van der Waals surface area contributed by atoms with Crippen LogP contribution in [0.3, 0.4) is 0 Å². The molecule has 21 heavy (non-hydrogen) atoms. The Morgan fingerprint density at radius 1 is 1.48 bits per heavy atom. The number of nitro benzene ring substituents is 1. The van der Waals surface area contributed by atoms with Crippen LogP contribution in [0.4, 0.5) is 11.4 Å². The van der Waals surface area contributed by atoms with Gasteiger partial charge in [0.1, 0.15) is 5.69 Å². The summed E-state index contributed by atoms with van der Waals surface area (Å²) in [6.45, 7) is 0.0638. The monoisotopic (exact) mass is 317 g/mol. The predicted octanol–water partition coefficient (Wildman–Crippen LogP) is 0.414. The maximum Gasteiger partial charge on any atom is 0.305 e. The molecular weight excluding hydrogens is 302 g/mol. The van der Waals surface area contributed by atoms with Crippen LogP contribution in [-0.4, -0.2) is 45.1 Å². The maximum atomic E-state index is 11.6. The minimum atomic E-state index is -3.79. The van der Waals surface area contributed by atoms with E-state index in [2.05, 4.69) is 4.72 Å². The van der Waals surface area contributed by atoms with Crippen molar-refractivity contribution in [1.82, 2.24) is 4.72 Å². The highest BCUT2D eigenvalue weighted by molar-refractivity contribution is 7.89. The number of carbonyl (C=O) groups is 1. The number of hydrogen-bond acceptors (Lipinski definition) is 6. The smallest absolute Gasteiger partial charge is 0.305 e. The quantitative estimate of drug-likeness (QED) is 0.550. The van der Waals surface area contributed by atoms with Gasteiger partial charge in [0, 0.05) is 19.7 Å². The van der Waals surface area contributed by atoms with Gasteiger partial charge in [0.05, 0.1) is 16.2 Å². The largest absolute Gasteiger partial charge is 0.481 e. The Kier molecular flexibility index (Phi) is 5.22. The zero-order valence-electron chi connectivity index (χ0n) is 11.4. The Hall–Kier alpha value is -2.20. The lowest BCUT2D eigenvalue weighted by Crippen LogP contribution is -2.23. The van der Waals surface area contributed by atoms with Gasteiger partial charge in [-0.05, 0) is 19.2 Å². The van der Waals surface area contributed by atoms with Crippen LogP contribution in [0.5, 0.6) is 0 Å². The number of nitrogens with zero attached hydrogens (tertiary/aromatic N) is 2. The highest BCUT2D eigenvalue weighted by Gasteiger charge is 2.22. The van der Waals surface area contributed by atoms with Gasteiger partial charge >= 0.3 is 5.97 Å². The van der Waals surface area contributed by atoms with Crippen molar-refractivity contribution in [2.24, 2.45) is 0 Å². The third-order valence-electron chi connectivity index (χ3n) is 2.79. The Labute approximate surface area is 121 Å². The number of sulfonamides is 1. The van der Waals surface area contributed by atoms with Crippen LogP contribution in [0.25, 0.3) is 0 Å². The molecule has 0 atom stereocenters. The normalized spacial score (nSPS) is 11.1. The van der Waals surface area contributed by atoms with Crippen molar-refractivity contribution in [3.63, 3.8) is 0 Å². The standard InChI is InChI=1S/C11H15N3O6S/c1-12-21(19,20)8-3-4-9(10(7-8)14(17)18)13(2)6-5-11(15)16/h3-4,7,12H,5-6H2,1-2H3,(H,15,16). The second-order valence-corrected chi connectivity index (χ2v) is 6.07. The van der Waals surface area contributed by atoms with Crippen molar-refractivity contribution < 1.29 is 23.2 Å². The molecule has 10 heteroatoms. The van der Waals surface area contributed by atoms with E-state index in [1.54, 1.807) is 0 Å². The molecule has 9 nitrogen and oxygen atoms in total. The first-order chi connectivity index (χ1) is 9.69. The van der Waals surface area contributed by atoms with Crippen LogP contribution in [0.1, 0.15) is 6.42 Å². The first-order valence-corrected chi connectivity index (χ1v) is 7.32. The molecule has 0 aliphatic heterocycles. The Bertz CT molecular complexity index is 658. The SMILES string of the molecule is CNS(=O)(=O)c1ccc(N(C)CCC(=O)O)c([N+](=O)[O-])c1. The summed E-state index contributed by atoms with van der Waals surface area (Å²) in [5, 5.41) is 19.7. The molecule has 1 rings (SSSR count). The fourth-order valence-electron chi connectivity index (χ4n) is 1.64. The van der Waals surface area contributed by atoms with E-state index in [4.69, 9.17) is 5.11 Å². The molecule has 0 saturated heterocycles. The van der Waals surface area contributed by atoms with E-state index in [9.17, 15) is 23.3 Å². The van der Waals surface area contributed by atoms with Gasteiger partial charge in [-0.25, -0.2) is 13.1 Å². The van der Waals surface area contributed by atoms with Gasteiger partial charge in [0.25, 0.3) is 5.69 Å². The van der Waals surface area contributed by atoms with Crippen LogP contribution in [0, 0.1) is 10.1 Å². The number of benzene rings is 1. The van der Waals surface area contributed by atoms with Gasteiger partial charge in [-0.1, -0.05) is 0 Å². The van der Waals surface area contributed by atoms with Crippen LogP contribution >= 0.6 is 0 Å². The lowest BCUT2D eigenvalue weighted by atomic mass is 10.2. The van der Waals surface area contributed by atoms with E-state index >= 15 is 0 Å². The van der Waals surface area contributed by atoms with Gasteiger partial charge < -0.3 is 10.0 Å². The molecule has 1 aromatic carbocycles. The first-order valence-electron chi connectivity index (χ1n) is 5.84. The summed E-state index contributed by atoms with van der Waals surface area (Å²) in [5.41, 5.74) is -0.254. The topological polar surface area (TPSA) is 130 Å². The van der Waals surface area contributed by atoms with Crippen LogP contribution in [0.15, 0.2) is 23.1 Å². The molecular formula is C11H15N3O6S. The lowest BCUT2D eigenvalue weighted by molar-refractivity contribution is -0.384. The van der Waals surface area contributed by atoms with E-state index in [0.717, 1.165) is 6.07 Å². The van der Waals surface area contributed by atoms with E-state index in [0.29, 0.717) is 0 Å². The van der Waals surface area contributed by atoms with Crippen molar-refractivity contribution in [2.45, 2.75) is 11.3 Å². The summed E-state index contributed by atoms with van der Waals surface area (Å²) in [7, 11) is -1.09. The van der Waals surface area contributed by atoms with Gasteiger partial charge in [0.15, 0.2) is 0 Å². The molecule has 0 heterocycles. The number of nitro groups is 1. The number of rotatable bonds is 7. The van der Waals surface area contributed by atoms with Crippen molar-refractivity contribution in [2.75, 3.05) is 25.5 Å². The number of anilines is 1. The fraction of sp³-hybridized carbons (Fsp3) is 0.364. The summed E-state index contributed by atoms with van der Waals surface area (Å²) < 4.78 is 25.4. The summed E-state index contributed by atoms with van der Waals surface area (Å²) in [5.74, 6) is -1.03. The molecule has 0 spiro atoms. The minimum absolute atomic E-state index is 0.0638. The zero-order chi connectivity index (χ0) is 16.2. The number of hydrogen-bond donors (Lipinski definition) is 2. The highest BCUT2D eigenvalue weighted by atomic mass is 32.2. The van der Waals surface area contributed by atoms with Crippen LogP contribution in [-0.2, 0) is 14.8 Å². The Morgan fingerprint density at radius 3 is 2.57 bits per heavy atom. The van der Waals surface area contributed by atoms with E-state index < -0.39 is 26.6 Å². The minimum Gasteiger partial charge on any atom is -0.481 e. The number of carboxylic acids is 1. The third-order valence-corrected chi connectivity index (χ3v) is 4.21. The number of aliphatic carboxylic acids is 1. The average molecular weight is 317 g/mol. The van der Waals surface area contributed by atoms with Crippen molar-refractivity contribution in [3.05, 3.63) is 28.3 Å². The Morgan fingerprint density at radius 2 is 2.10 bits per heavy atom. The summed E-state index contributed by atoms with van der Waals surface area (Å²) in [6, 6.07) is 3.45. The summed E-state index contributed by atoms with van der Waals surface area (Å²) in [6.07, 6.45) is -0.190. The predicted molar refractivity (Wildman–Crippen MR) is 74.9 cm³/mol. The molecule has 0 aliphatic carbocycles. The molecule has 0 bridgehead atoms. The fourth-order valence-corrected chi connectivity index (χ4v) is 2.39. The second kappa shape index (κ2) is 6.50. The van der Waals surface area contributed by atoms with Gasteiger partial charge in [-0.3, -0.25) is 14.9 Å². The molecule has 0 aromatic heterocycles. The number of nitrogens with one attached hydrogen (secondary N) is 1. The molecule has 1 aromatic rings. The van der Waals surface area contributed by atoms with E-state index in [1.165, 1.54) is 31.1 Å². The summed E-state index contributed by atoms with van der Waals surface area (Å²) >= 11 is 0. The van der Waals surface area contributed by atoms with Crippen LogP contribution in [0.2, 0.25) is 0 Å². The van der Waals surface area contributed by atoms with Crippen molar-refractivity contribution in [3.8, 4) is 0 Å². The zero-order valence-corrected chi connectivity index (χ0v) is 12.3. The van der Waals surface area contributed by atoms with Crippen molar-refractivity contribution >= 4 is 27.4 Å². The second-order valence-electron chi connectivity index (χ2n) is 4.18. The number of carboxylic acid groups (broad SMARTS) is 1. The van der Waals surface area contributed by atoms with Gasteiger partial charge in [-0.15, -0.1) is 0 Å². The molecule has 2 N–H and O–H groups in total. The molecule has 0 amide bonds. The van der Waals surface area contributed by atoms with E-state index in [-0.39, 0.29) is 23.5 Å². The maximum absolute atomic E-state index is 11.6. The van der Waals surface area contributed by atoms with E-state index in [1.807, 2.05) is 0 Å². The molecule has 0 unspecified atom stereocenters. The molecule has 116 valence electrons. The van der Waals surface area contributed by atoms with Crippen molar-refractivity contribution in [1.29, 1.82) is 0 Å². The molecule has 0 saturated carbocycles. The molecule has 0 fully saturated rings. The van der Waals surface area contributed by atoms with Crippen LogP contribution < -0.4 is 9.62 Å². The van der Waals surface area contributed by atoms with Gasteiger partial charge in [0.2, 0.25) is 10.0 Å². The van der Waals surface area contributed by atoms with Gasteiger partial charge in [-0.2, -0.15) is 0 Å². The first kappa shape index (κ1) is 16.9. The average Bonchev–Trinajstić information content (AvgIpc) is 2.43. The molecule has 0 radical (unpaired) electrons. The lowest BCUT2D eigenvalue weighted by Gasteiger charge is -2.18. The Balaban J connectivity index is 3.23. The highest BCUT2D eigenvalue weighted by Crippen LogP contribution is 2.30.